The summed E-state index contributed by atoms with van der Waals surface area (Å²) in [6.45, 7) is 5.22. The highest BCUT2D eigenvalue weighted by molar-refractivity contribution is 5.76. The maximum Gasteiger partial charge on any atom is 0.305 e. The normalized spacial score (nSPS) is 10.6. The summed E-state index contributed by atoms with van der Waals surface area (Å²) >= 11 is 0. The fraction of sp³-hybridized carbons (Fsp3) is 0.905. The lowest BCUT2D eigenvalue weighted by Crippen LogP contribution is -2.24. The van der Waals surface area contributed by atoms with Gasteiger partial charge in [-0.05, 0) is 19.8 Å². The lowest BCUT2D eigenvalue weighted by molar-refractivity contribution is -0.143. The van der Waals surface area contributed by atoms with Gasteiger partial charge in [0.1, 0.15) is 0 Å². The van der Waals surface area contributed by atoms with Gasteiger partial charge >= 0.3 is 5.97 Å². The van der Waals surface area contributed by atoms with Crippen LogP contribution in [0.1, 0.15) is 110 Å². The van der Waals surface area contributed by atoms with E-state index in [9.17, 15) is 9.59 Å². The number of amides is 1. The Morgan fingerprint density at radius 3 is 1.72 bits per heavy atom. The third-order valence-corrected chi connectivity index (χ3v) is 4.44. The first-order chi connectivity index (χ1) is 12.2. The summed E-state index contributed by atoms with van der Waals surface area (Å²) < 4.78 is 4.84. The smallest absolute Gasteiger partial charge is 0.305 e. The molecule has 0 rings (SSSR count). The van der Waals surface area contributed by atoms with Gasteiger partial charge in [-0.1, -0.05) is 77.6 Å². The molecule has 0 saturated heterocycles. The highest BCUT2D eigenvalue weighted by Gasteiger charge is 2.05. The number of carbonyl (C=O) groups is 2. The fourth-order valence-corrected chi connectivity index (χ4v) is 2.91. The average molecular weight is 356 g/mol. The summed E-state index contributed by atoms with van der Waals surface area (Å²) in [5, 5.41) is 2.93. The molecule has 0 spiro atoms. The molecule has 0 aromatic heterocycles. The lowest BCUT2D eigenvalue weighted by atomic mass is 10.1. The summed E-state index contributed by atoms with van der Waals surface area (Å²) in [6, 6.07) is 0. The van der Waals surface area contributed by atoms with Crippen molar-refractivity contribution in [3.05, 3.63) is 0 Å². The summed E-state index contributed by atoms with van der Waals surface area (Å²) in [5.74, 6) is -0.163. The topological polar surface area (TPSA) is 55.4 Å². The number of ether oxygens (including phenoxy) is 1. The Morgan fingerprint density at radius 1 is 0.680 bits per heavy atom. The molecule has 1 N–H and O–H groups in total. The molecule has 0 aromatic rings. The molecule has 0 radical (unpaired) electrons. The van der Waals surface area contributed by atoms with Crippen molar-refractivity contribution in [1.29, 1.82) is 0 Å². The van der Waals surface area contributed by atoms with Gasteiger partial charge in [-0.15, -0.1) is 0 Å². The molecule has 0 aliphatic rings. The molecule has 0 aromatic carbocycles. The third-order valence-electron chi connectivity index (χ3n) is 4.44. The molecule has 148 valence electrons. The van der Waals surface area contributed by atoms with E-state index in [1.807, 2.05) is 0 Å². The molecule has 4 nitrogen and oxygen atoms in total. The van der Waals surface area contributed by atoms with E-state index in [1.54, 1.807) is 6.92 Å². The molecule has 0 aliphatic carbocycles. The van der Waals surface area contributed by atoms with Crippen LogP contribution >= 0.6 is 0 Å². The predicted molar refractivity (Wildman–Crippen MR) is 105 cm³/mol. The zero-order valence-corrected chi connectivity index (χ0v) is 16.7. The summed E-state index contributed by atoms with van der Waals surface area (Å²) in [4.78, 5) is 22.8. The van der Waals surface area contributed by atoms with Crippen molar-refractivity contribution in [3.63, 3.8) is 0 Å². The minimum absolute atomic E-state index is 0.0485. The quantitative estimate of drug-likeness (QED) is 0.259. The lowest BCUT2D eigenvalue weighted by Gasteiger charge is -2.06. The van der Waals surface area contributed by atoms with Crippen molar-refractivity contribution in [2.24, 2.45) is 0 Å². The zero-order chi connectivity index (χ0) is 18.6. The van der Waals surface area contributed by atoms with E-state index in [2.05, 4.69) is 12.2 Å². The van der Waals surface area contributed by atoms with E-state index >= 15 is 0 Å². The second-order valence-electron chi connectivity index (χ2n) is 6.90. The highest BCUT2D eigenvalue weighted by atomic mass is 16.5. The molecule has 0 aliphatic heterocycles. The Hall–Kier alpha value is -1.06. The largest absolute Gasteiger partial charge is 0.466 e. The zero-order valence-electron chi connectivity index (χ0n) is 16.7. The van der Waals surface area contributed by atoms with E-state index < -0.39 is 0 Å². The van der Waals surface area contributed by atoms with Crippen LogP contribution < -0.4 is 5.32 Å². The van der Waals surface area contributed by atoms with Crippen LogP contribution in [0.2, 0.25) is 0 Å². The Balaban J connectivity index is 3.19. The number of nitrogens with one attached hydrogen (secondary N) is 1. The van der Waals surface area contributed by atoms with Gasteiger partial charge < -0.3 is 10.1 Å². The second kappa shape index (κ2) is 19.3. The van der Waals surface area contributed by atoms with Gasteiger partial charge in [-0.3, -0.25) is 9.59 Å². The first-order valence-electron chi connectivity index (χ1n) is 10.6. The molecular weight excluding hydrogens is 314 g/mol. The number of unbranched alkanes of at least 4 members (excludes halogenated alkanes) is 11. The Kier molecular flexibility index (Phi) is 18.5. The summed E-state index contributed by atoms with van der Waals surface area (Å²) in [6.07, 6.45) is 17.2. The first-order valence-corrected chi connectivity index (χ1v) is 10.6. The average Bonchev–Trinajstić information content (AvgIpc) is 2.59. The van der Waals surface area contributed by atoms with Crippen molar-refractivity contribution in [2.45, 2.75) is 110 Å². The van der Waals surface area contributed by atoms with Crippen LogP contribution in [-0.2, 0) is 14.3 Å². The second-order valence-corrected chi connectivity index (χ2v) is 6.90. The molecule has 0 unspecified atom stereocenters. The van der Waals surface area contributed by atoms with Crippen LogP contribution in [0.3, 0.4) is 0 Å². The molecular formula is C21H41NO3. The number of rotatable bonds is 18. The first kappa shape index (κ1) is 23.9. The van der Waals surface area contributed by atoms with Gasteiger partial charge in [0.25, 0.3) is 0 Å². The Morgan fingerprint density at radius 2 is 1.20 bits per heavy atom. The molecule has 0 saturated carbocycles. The maximum atomic E-state index is 11.6. The van der Waals surface area contributed by atoms with Crippen LogP contribution in [0, 0.1) is 0 Å². The Labute approximate surface area is 155 Å². The van der Waals surface area contributed by atoms with E-state index in [-0.39, 0.29) is 11.9 Å². The van der Waals surface area contributed by atoms with E-state index in [1.165, 1.54) is 70.6 Å². The minimum Gasteiger partial charge on any atom is -0.466 e. The predicted octanol–water partition coefficient (Wildman–Crippen LogP) is 5.54. The molecule has 0 fully saturated rings. The molecule has 0 bridgehead atoms. The highest BCUT2D eigenvalue weighted by Crippen LogP contribution is 2.11. The van der Waals surface area contributed by atoms with E-state index in [0.717, 1.165) is 13.0 Å². The summed E-state index contributed by atoms with van der Waals surface area (Å²) in [7, 11) is 0. The van der Waals surface area contributed by atoms with E-state index in [0.29, 0.717) is 25.9 Å². The fourth-order valence-electron chi connectivity index (χ4n) is 2.91. The van der Waals surface area contributed by atoms with Crippen molar-refractivity contribution in [3.8, 4) is 0 Å². The molecule has 4 heteroatoms. The van der Waals surface area contributed by atoms with Crippen LogP contribution in [0.25, 0.3) is 0 Å². The van der Waals surface area contributed by atoms with Gasteiger partial charge in [0.2, 0.25) is 5.91 Å². The van der Waals surface area contributed by atoms with Gasteiger partial charge in [-0.2, -0.15) is 0 Å². The Bertz CT molecular complexity index is 318. The van der Waals surface area contributed by atoms with Crippen LogP contribution in [0.5, 0.6) is 0 Å². The van der Waals surface area contributed by atoms with Gasteiger partial charge in [0.05, 0.1) is 6.61 Å². The van der Waals surface area contributed by atoms with Gasteiger partial charge in [0.15, 0.2) is 0 Å². The van der Waals surface area contributed by atoms with Crippen LogP contribution in [-0.4, -0.2) is 25.0 Å². The molecule has 25 heavy (non-hydrogen) atoms. The van der Waals surface area contributed by atoms with Crippen LogP contribution in [0.4, 0.5) is 0 Å². The van der Waals surface area contributed by atoms with Crippen LogP contribution in [0.15, 0.2) is 0 Å². The van der Waals surface area contributed by atoms with Gasteiger partial charge in [-0.25, -0.2) is 0 Å². The number of hydrogen-bond donors (Lipinski definition) is 1. The van der Waals surface area contributed by atoms with Crippen molar-refractivity contribution in [2.75, 3.05) is 13.2 Å². The monoisotopic (exact) mass is 355 g/mol. The molecule has 0 heterocycles. The van der Waals surface area contributed by atoms with Crippen molar-refractivity contribution >= 4 is 11.9 Å². The minimum atomic E-state index is -0.212. The molecule has 1 amide bonds. The number of hydrogen-bond acceptors (Lipinski definition) is 3. The molecule has 0 atom stereocenters. The number of carbonyl (C=O) groups excluding carboxylic acids is 2. The van der Waals surface area contributed by atoms with E-state index in [4.69, 9.17) is 4.74 Å². The maximum absolute atomic E-state index is 11.6. The van der Waals surface area contributed by atoms with Gasteiger partial charge in [0, 0.05) is 19.4 Å². The summed E-state index contributed by atoms with van der Waals surface area (Å²) in [5.41, 5.74) is 0. The van der Waals surface area contributed by atoms with Crippen molar-refractivity contribution < 1.29 is 14.3 Å². The number of esters is 1. The standard InChI is InChI=1S/C21H41NO3/c1-3-5-6-7-8-9-10-11-12-13-14-15-19-22-20(23)17-16-18-21(24)25-4-2/h3-19H2,1-2H3,(H,22,23). The SMILES string of the molecule is CCCCCCCCCCCCCCNC(=O)CCCC(=O)OCC. The third kappa shape index (κ3) is 19.1. The van der Waals surface area contributed by atoms with Crippen molar-refractivity contribution in [1.82, 2.24) is 5.32 Å².